The van der Waals surface area contributed by atoms with E-state index in [1.165, 1.54) is 36.1 Å². The number of hydrogen-bond donors (Lipinski definition) is 1. The average molecular weight is 390 g/mol. The molecule has 0 saturated heterocycles. The van der Waals surface area contributed by atoms with Crippen molar-refractivity contribution in [3.8, 4) is 11.5 Å². The fraction of sp³-hybridized carbons (Fsp3) is 0.476. The van der Waals surface area contributed by atoms with Crippen molar-refractivity contribution in [3.05, 3.63) is 39.6 Å². The molecule has 0 fully saturated rings. The molecule has 1 N–H and O–H groups in total. The smallest absolute Gasteiger partial charge is 0.265 e. The van der Waals surface area contributed by atoms with E-state index in [0.29, 0.717) is 30.4 Å². The number of thiophene rings is 1. The van der Waals surface area contributed by atoms with Gasteiger partial charge in [-0.25, -0.2) is 0 Å². The van der Waals surface area contributed by atoms with E-state index in [9.17, 15) is 4.79 Å². The molecule has 0 aliphatic heterocycles. The fourth-order valence-electron chi connectivity index (χ4n) is 3.25. The Kier molecular flexibility index (Phi) is 7.12. The standard InChI is InChI=1S/C21H27NO4S/c1-24-11-12-26-18-14-16(9-10-17(18)25-2)22-21(23)20-13-15-7-5-3-4-6-8-19(15)27-20/h9-10,13-14H,3-8,11-12H2,1-2H3,(H,22,23). The van der Waals surface area contributed by atoms with Crippen molar-refractivity contribution in [2.45, 2.75) is 38.5 Å². The quantitative estimate of drug-likeness (QED) is 0.698. The van der Waals surface area contributed by atoms with E-state index in [1.807, 2.05) is 6.07 Å². The number of anilines is 1. The number of carbonyl (C=O) groups is 1. The molecule has 2 aromatic rings. The van der Waals surface area contributed by atoms with E-state index < -0.39 is 0 Å². The molecule has 0 bridgehead atoms. The molecule has 1 aliphatic carbocycles. The first-order chi connectivity index (χ1) is 13.2. The third-order valence-corrected chi connectivity index (χ3v) is 5.92. The van der Waals surface area contributed by atoms with Crippen LogP contribution >= 0.6 is 11.3 Å². The SMILES string of the molecule is COCCOc1cc(NC(=O)c2cc3c(s2)CCCCCC3)ccc1OC. The second kappa shape index (κ2) is 9.76. The summed E-state index contributed by atoms with van der Waals surface area (Å²) in [5, 5.41) is 2.99. The molecule has 1 heterocycles. The lowest BCUT2D eigenvalue weighted by atomic mass is 10.00. The van der Waals surface area contributed by atoms with E-state index in [-0.39, 0.29) is 5.91 Å². The van der Waals surface area contributed by atoms with Crippen LogP contribution in [0.25, 0.3) is 0 Å². The van der Waals surface area contributed by atoms with Crippen LogP contribution in [0.2, 0.25) is 0 Å². The highest BCUT2D eigenvalue weighted by atomic mass is 32.1. The Morgan fingerprint density at radius 2 is 1.85 bits per heavy atom. The van der Waals surface area contributed by atoms with Crippen molar-refractivity contribution in [2.24, 2.45) is 0 Å². The van der Waals surface area contributed by atoms with Gasteiger partial charge in [-0.3, -0.25) is 4.79 Å². The van der Waals surface area contributed by atoms with Gasteiger partial charge in [0.2, 0.25) is 0 Å². The molecule has 0 unspecified atom stereocenters. The summed E-state index contributed by atoms with van der Waals surface area (Å²) in [6.07, 6.45) is 7.18. The Balaban J connectivity index is 1.71. The summed E-state index contributed by atoms with van der Waals surface area (Å²) < 4.78 is 16.0. The lowest BCUT2D eigenvalue weighted by Crippen LogP contribution is -2.11. The largest absolute Gasteiger partial charge is 0.493 e. The Hall–Kier alpha value is -2.05. The van der Waals surface area contributed by atoms with E-state index in [2.05, 4.69) is 11.4 Å². The summed E-state index contributed by atoms with van der Waals surface area (Å²) in [5.41, 5.74) is 2.04. The first-order valence-corrected chi connectivity index (χ1v) is 10.3. The highest BCUT2D eigenvalue weighted by Crippen LogP contribution is 2.32. The van der Waals surface area contributed by atoms with Crippen molar-refractivity contribution in [3.63, 3.8) is 0 Å². The molecule has 3 rings (SSSR count). The molecule has 146 valence electrons. The number of rotatable bonds is 7. The molecule has 0 atom stereocenters. The van der Waals surface area contributed by atoms with Crippen LogP contribution in [-0.4, -0.2) is 33.3 Å². The van der Waals surface area contributed by atoms with Crippen molar-refractivity contribution < 1.29 is 19.0 Å². The van der Waals surface area contributed by atoms with Crippen LogP contribution < -0.4 is 14.8 Å². The number of fused-ring (bicyclic) bond motifs is 1. The summed E-state index contributed by atoms with van der Waals surface area (Å²) in [6, 6.07) is 7.48. The lowest BCUT2D eigenvalue weighted by molar-refractivity contribution is 0.103. The number of methoxy groups -OCH3 is 2. The Morgan fingerprint density at radius 3 is 2.63 bits per heavy atom. The van der Waals surface area contributed by atoms with Gasteiger partial charge in [0.05, 0.1) is 18.6 Å². The van der Waals surface area contributed by atoms with Gasteiger partial charge in [0.15, 0.2) is 11.5 Å². The second-order valence-corrected chi connectivity index (χ2v) is 7.77. The van der Waals surface area contributed by atoms with Crippen molar-refractivity contribution in [1.29, 1.82) is 0 Å². The van der Waals surface area contributed by atoms with Crippen LogP contribution in [0, 0.1) is 0 Å². The van der Waals surface area contributed by atoms with Gasteiger partial charge in [-0.1, -0.05) is 12.8 Å². The molecule has 1 aromatic carbocycles. The number of carbonyl (C=O) groups excluding carboxylic acids is 1. The first kappa shape index (κ1) is 19.7. The normalized spacial score (nSPS) is 14.0. The highest BCUT2D eigenvalue weighted by molar-refractivity contribution is 7.14. The van der Waals surface area contributed by atoms with Crippen molar-refractivity contribution in [1.82, 2.24) is 0 Å². The van der Waals surface area contributed by atoms with Crippen LogP contribution in [0.3, 0.4) is 0 Å². The molecule has 1 aromatic heterocycles. The van der Waals surface area contributed by atoms with Crippen molar-refractivity contribution >= 4 is 22.9 Å². The Morgan fingerprint density at radius 1 is 1.04 bits per heavy atom. The molecule has 0 spiro atoms. The molecular formula is C21H27NO4S. The molecule has 0 saturated carbocycles. The van der Waals surface area contributed by atoms with Crippen LogP contribution in [0.15, 0.2) is 24.3 Å². The van der Waals surface area contributed by atoms with E-state index in [0.717, 1.165) is 17.7 Å². The molecule has 1 aliphatic rings. The molecule has 0 radical (unpaired) electrons. The Labute approximate surface area is 164 Å². The monoisotopic (exact) mass is 389 g/mol. The fourth-order valence-corrected chi connectivity index (χ4v) is 4.40. The van der Waals surface area contributed by atoms with Gasteiger partial charge in [0, 0.05) is 23.7 Å². The predicted molar refractivity (Wildman–Crippen MR) is 109 cm³/mol. The van der Waals surface area contributed by atoms with E-state index >= 15 is 0 Å². The highest BCUT2D eigenvalue weighted by Gasteiger charge is 2.17. The minimum absolute atomic E-state index is 0.0697. The zero-order valence-corrected chi connectivity index (χ0v) is 16.8. The van der Waals surface area contributed by atoms with Gasteiger partial charge in [-0.2, -0.15) is 0 Å². The van der Waals surface area contributed by atoms with Gasteiger partial charge < -0.3 is 19.5 Å². The second-order valence-electron chi connectivity index (χ2n) is 6.63. The molecule has 27 heavy (non-hydrogen) atoms. The maximum atomic E-state index is 12.7. The minimum atomic E-state index is -0.0697. The topological polar surface area (TPSA) is 56.8 Å². The van der Waals surface area contributed by atoms with E-state index in [1.54, 1.807) is 37.7 Å². The zero-order valence-electron chi connectivity index (χ0n) is 16.0. The van der Waals surface area contributed by atoms with Crippen LogP contribution in [0.1, 0.15) is 45.8 Å². The van der Waals surface area contributed by atoms with Gasteiger partial charge in [0.25, 0.3) is 5.91 Å². The predicted octanol–water partition coefficient (Wildman–Crippen LogP) is 4.69. The third-order valence-electron chi connectivity index (χ3n) is 4.69. The summed E-state index contributed by atoms with van der Waals surface area (Å²) >= 11 is 1.63. The molecular weight excluding hydrogens is 362 g/mol. The first-order valence-electron chi connectivity index (χ1n) is 9.44. The lowest BCUT2D eigenvalue weighted by Gasteiger charge is -2.12. The number of nitrogens with one attached hydrogen (secondary N) is 1. The maximum absolute atomic E-state index is 12.7. The van der Waals surface area contributed by atoms with Crippen LogP contribution in [0.5, 0.6) is 11.5 Å². The number of amides is 1. The Bertz CT molecular complexity index is 746. The van der Waals surface area contributed by atoms with Crippen LogP contribution in [-0.2, 0) is 17.6 Å². The van der Waals surface area contributed by atoms with Gasteiger partial charge in [0.1, 0.15) is 6.61 Å². The van der Waals surface area contributed by atoms with Gasteiger partial charge in [-0.05, 0) is 49.4 Å². The molecule has 1 amide bonds. The van der Waals surface area contributed by atoms with Crippen molar-refractivity contribution in [2.75, 3.05) is 32.8 Å². The van der Waals surface area contributed by atoms with Gasteiger partial charge >= 0.3 is 0 Å². The van der Waals surface area contributed by atoms with Gasteiger partial charge in [-0.15, -0.1) is 11.3 Å². The minimum Gasteiger partial charge on any atom is -0.493 e. The number of aryl methyl sites for hydroxylation is 2. The maximum Gasteiger partial charge on any atom is 0.265 e. The molecule has 5 nitrogen and oxygen atoms in total. The number of hydrogen-bond acceptors (Lipinski definition) is 5. The number of benzene rings is 1. The number of ether oxygens (including phenoxy) is 3. The van der Waals surface area contributed by atoms with E-state index in [4.69, 9.17) is 14.2 Å². The molecule has 6 heteroatoms. The summed E-state index contributed by atoms with van der Waals surface area (Å²) in [5.74, 6) is 1.15. The summed E-state index contributed by atoms with van der Waals surface area (Å²) in [7, 11) is 3.22. The van der Waals surface area contributed by atoms with Crippen LogP contribution in [0.4, 0.5) is 5.69 Å². The summed E-state index contributed by atoms with van der Waals surface area (Å²) in [6.45, 7) is 0.905. The zero-order chi connectivity index (χ0) is 19.1. The average Bonchev–Trinajstić information content (AvgIpc) is 3.04. The third kappa shape index (κ3) is 5.23. The summed E-state index contributed by atoms with van der Waals surface area (Å²) in [4.78, 5) is 14.9.